The van der Waals surface area contributed by atoms with Crippen molar-refractivity contribution in [2.24, 2.45) is 0 Å². The average molecular weight is 586 g/mol. The van der Waals surface area contributed by atoms with Gasteiger partial charge in [-0.25, -0.2) is 5.57 Å². The van der Waals surface area contributed by atoms with Crippen LogP contribution in [0.2, 0.25) is 0 Å². The summed E-state index contributed by atoms with van der Waals surface area (Å²) in [4.78, 5) is 0. The van der Waals surface area contributed by atoms with Crippen molar-refractivity contribution in [3.8, 4) is 0 Å². The minimum absolute atomic E-state index is 1.05. The van der Waals surface area contributed by atoms with E-state index in [1.54, 1.807) is 0 Å². The number of aryl methyl sites for hydroxylation is 2. The molecule has 0 saturated heterocycles. The number of benzene rings is 4. The molecule has 0 spiro atoms. The molecule has 0 amide bonds. The van der Waals surface area contributed by atoms with Crippen LogP contribution in [0.25, 0.3) is 21.5 Å². The second kappa shape index (κ2) is 13.9. The molecule has 1 aliphatic rings. The molecular formula is C38H38Zr. The number of allylic oxidation sites excluding steroid dienone is 4. The quantitative estimate of drug-likeness (QED) is 0.184. The number of rotatable bonds is 4. The predicted molar refractivity (Wildman–Crippen MR) is 167 cm³/mol. The summed E-state index contributed by atoms with van der Waals surface area (Å²) < 4.78 is 1.42. The fraction of sp³-hybridized carbons (Fsp3) is 0.211. The Balaban J connectivity index is 0.000000145. The molecule has 0 bridgehead atoms. The van der Waals surface area contributed by atoms with Crippen LogP contribution < -0.4 is 0 Å². The van der Waals surface area contributed by atoms with Gasteiger partial charge in [0, 0.05) is 0 Å². The molecule has 1 aliphatic carbocycles. The van der Waals surface area contributed by atoms with E-state index in [4.69, 9.17) is 0 Å². The Bertz CT molecular complexity index is 1510. The van der Waals surface area contributed by atoms with E-state index < -0.39 is 0 Å². The van der Waals surface area contributed by atoms with E-state index in [-0.39, 0.29) is 0 Å². The molecule has 0 unspecified atom stereocenters. The second-order valence-corrected chi connectivity index (χ2v) is 11.4. The van der Waals surface area contributed by atoms with E-state index in [9.17, 15) is 0 Å². The molecule has 5 aromatic carbocycles. The molecule has 5 aromatic rings. The molecule has 0 heterocycles. The molecule has 0 aromatic heterocycles. The first-order valence-corrected chi connectivity index (χ1v) is 15.2. The third-order valence-corrected chi connectivity index (χ3v) is 9.02. The van der Waals surface area contributed by atoms with Gasteiger partial charge in [0.1, 0.15) is 0 Å². The van der Waals surface area contributed by atoms with Gasteiger partial charge in [0.2, 0.25) is 0 Å². The van der Waals surface area contributed by atoms with Crippen molar-refractivity contribution in [1.29, 1.82) is 0 Å². The third-order valence-electron chi connectivity index (χ3n) is 7.60. The maximum atomic E-state index is 3.26. The maximum absolute atomic E-state index is 3.26. The molecule has 0 aliphatic heterocycles. The van der Waals surface area contributed by atoms with Gasteiger partial charge in [-0.3, -0.25) is 6.08 Å². The van der Waals surface area contributed by atoms with E-state index in [0.717, 1.165) is 19.3 Å². The first kappa shape index (κ1) is 29.0. The van der Waals surface area contributed by atoms with Crippen LogP contribution in [-0.4, -0.2) is 3.21 Å². The Morgan fingerprint density at radius 3 is 1.49 bits per heavy atom. The third kappa shape index (κ3) is 7.34. The zero-order valence-electron chi connectivity index (χ0n) is 23.9. The molecule has 0 nitrogen and oxygen atoms in total. The number of hydrogen-bond donors (Lipinski definition) is 0. The van der Waals surface area contributed by atoms with Crippen LogP contribution in [-0.2, 0) is 37.1 Å². The second-order valence-electron chi connectivity index (χ2n) is 10.2. The molecule has 6 rings (SSSR count). The number of hydrogen-bond acceptors (Lipinski definition) is 0. The van der Waals surface area contributed by atoms with E-state index in [1.165, 1.54) is 88.0 Å². The van der Waals surface area contributed by atoms with Crippen molar-refractivity contribution >= 4 is 24.8 Å². The fourth-order valence-corrected chi connectivity index (χ4v) is 5.61. The van der Waals surface area contributed by atoms with E-state index >= 15 is 0 Å². The van der Waals surface area contributed by atoms with E-state index in [1.807, 2.05) is 0 Å². The molecule has 0 atom stereocenters. The van der Waals surface area contributed by atoms with Crippen molar-refractivity contribution < 1.29 is 24.2 Å². The molecule has 39 heavy (non-hydrogen) atoms. The van der Waals surface area contributed by atoms with Gasteiger partial charge in [-0.1, -0.05) is 63.1 Å². The molecule has 194 valence electrons. The molecule has 0 fully saturated rings. The zero-order valence-corrected chi connectivity index (χ0v) is 26.4. The molecule has 0 saturated carbocycles. The molecular weight excluding hydrogens is 548 g/mol. The van der Waals surface area contributed by atoms with Gasteiger partial charge >= 0.3 is 99.2 Å². The number of fused-ring (bicyclic) bond motifs is 3. The monoisotopic (exact) mass is 584 g/mol. The standard InChI is InChI=1S/C17H17.C13H10.C8H11.Zr/c1-3-12-5-7-16-14(9-12)11-15-10-13(4-2)6-8-17(15)16;1-3-7-12(8-4-1)11-13-9-5-2-6-10-13;1-6-4-5-7(2)8(6)3;/h5-11H,3-4H2,1-2H3;1-10H;4H2,1-3H3;/q-1;;-1;+2. The summed E-state index contributed by atoms with van der Waals surface area (Å²) in [6, 6.07) is 37.1. The van der Waals surface area contributed by atoms with Crippen molar-refractivity contribution in [3.05, 3.63) is 148 Å². The van der Waals surface area contributed by atoms with Crippen LogP contribution in [0.1, 0.15) is 63.3 Å². The van der Waals surface area contributed by atoms with Gasteiger partial charge in [-0.05, 0) is 12.8 Å². The first-order chi connectivity index (χ1) is 18.9. The summed E-state index contributed by atoms with van der Waals surface area (Å²) in [6.45, 7) is 10.9. The Labute approximate surface area is 249 Å². The molecule has 0 N–H and O–H groups in total. The van der Waals surface area contributed by atoms with Crippen molar-refractivity contribution in [3.63, 3.8) is 0 Å². The molecule has 1 heteroatoms. The fourth-order valence-electron chi connectivity index (χ4n) is 4.79. The summed E-state index contributed by atoms with van der Waals surface area (Å²) in [5.41, 5.74) is 9.75. The summed E-state index contributed by atoms with van der Waals surface area (Å²) in [6.07, 6.45) is 6.53. The van der Waals surface area contributed by atoms with Crippen LogP contribution in [0, 0.1) is 6.08 Å². The summed E-state index contributed by atoms with van der Waals surface area (Å²) in [5.74, 6) is 0. The Morgan fingerprint density at radius 1 is 0.692 bits per heavy atom. The van der Waals surface area contributed by atoms with Gasteiger partial charge in [0.25, 0.3) is 0 Å². The van der Waals surface area contributed by atoms with Gasteiger partial charge in [-0.2, -0.15) is 11.1 Å². The normalized spacial score (nSPS) is 12.5. The van der Waals surface area contributed by atoms with Crippen LogP contribution in [0.15, 0.2) is 120 Å². The van der Waals surface area contributed by atoms with Gasteiger partial charge < -0.3 is 0 Å². The summed E-state index contributed by atoms with van der Waals surface area (Å²) >= 11 is 1.46. The SMILES string of the molecule is CC1=[C-]CC(C)=C1C.CCc1ccc2c(c1)[cH-]c1cc(CC)ccc12.[Zr+2]=[C](c1ccccc1)c1ccccc1. The average Bonchev–Trinajstić information content (AvgIpc) is 3.51. The predicted octanol–water partition coefficient (Wildman–Crippen LogP) is 10.1. The van der Waals surface area contributed by atoms with Crippen LogP contribution in [0.4, 0.5) is 0 Å². The van der Waals surface area contributed by atoms with Gasteiger partial charge in [-0.15, -0.1) is 53.1 Å². The zero-order chi connectivity index (χ0) is 27.8. The van der Waals surface area contributed by atoms with Crippen LogP contribution >= 0.6 is 0 Å². The van der Waals surface area contributed by atoms with Gasteiger partial charge in [0.05, 0.1) is 0 Å². The topological polar surface area (TPSA) is 0 Å². The van der Waals surface area contributed by atoms with Crippen LogP contribution in [0.5, 0.6) is 0 Å². The van der Waals surface area contributed by atoms with E-state index in [2.05, 4.69) is 144 Å². The minimum atomic E-state index is 1.05. The Kier molecular flexibility index (Phi) is 10.3. The summed E-state index contributed by atoms with van der Waals surface area (Å²) in [5, 5.41) is 5.54. The van der Waals surface area contributed by atoms with E-state index in [0.29, 0.717) is 0 Å². The summed E-state index contributed by atoms with van der Waals surface area (Å²) in [7, 11) is 0. The van der Waals surface area contributed by atoms with Crippen molar-refractivity contribution in [2.45, 2.75) is 53.9 Å². The van der Waals surface area contributed by atoms with Crippen molar-refractivity contribution in [2.75, 3.05) is 0 Å². The Morgan fingerprint density at radius 2 is 1.15 bits per heavy atom. The van der Waals surface area contributed by atoms with Crippen molar-refractivity contribution in [1.82, 2.24) is 0 Å². The molecule has 0 radical (unpaired) electrons. The Hall–Kier alpha value is -3.02. The van der Waals surface area contributed by atoms with Crippen LogP contribution in [0.3, 0.4) is 0 Å². The van der Waals surface area contributed by atoms with Gasteiger partial charge in [0.15, 0.2) is 0 Å². The first-order valence-electron chi connectivity index (χ1n) is 14.0.